The van der Waals surface area contributed by atoms with E-state index in [0.29, 0.717) is 6.42 Å². The average molecular weight is 337 g/mol. The Morgan fingerprint density at radius 3 is 2.57 bits per heavy atom. The van der Waals surface area contributed by atoms with E-state index in [1.807, 2.05) is 4.72 Å². The van der Waals surface area contributed by atoms with Crippen LogP contribution < -0.4 is 4.72 Å². The van der Waals surface area contributed by atoms with Gasteiger partial charge in [0.25, 0.3) is 5.69 Å². The SMILES string of the molecule is CCC[C@H](NS(=O)(=O)c1ccc([N+](=O)[O-])cc1Cl)C(=O)O. The third kappa shape index (κ3) is 4.38. The van der Waals surface area contributed by atoms with E-state index in [4.69, 9.17) is 16.7 Å². The third-order valence-electron chi connectivity index (χ3n) is 2.59. The first-order valence-corrected chi connectivity index (χ1v) is 7.74. The lowest BCUT2D eigenvalue weighted by atomic mass is 10.2. The molecule has 0 aliphatic heterocycles. The van der Waals surface area contributed by atoms with E-state index in [9.17, 15) is 23.3 Å². The van der Waals surface area contributed by atoms with Crippen molar-refractivity contribution in [2.24, 2.45) is 0 Å². The average Bonchev–Trinajstić information content (AvgIpc) is 2.37. The van der Waals surface area contributed by atoms with Crippen LogP contribution in [-0.2, 0) is 14.8 Å². The molecule has 0 unspecified atom stereocenters. The van der Waals surface area contributed by atoms with Gasteiger partial charge in [0.05, 0.1) is 9.95 Å². The largest absolute Gasteiger partial charge is 0.480 e. The lowest BCUT2D eigenvalue weighted by Gasteiger charge is -2.14. The number of halogens is 1. The number of sulfonamides is 1. The maximum Gasteiger partial charge on any atom is 0.321 e. The molecule has 8 nitrogen and oxygen atoms in total. The molecule has 116 valence electrons. The number of nitro benzene ring substituents is 1. The van der Waals surface area contributed by atoms with Gasteiger partial charge in [-0.1, -0.05) is 24.9 Å². The van der Waals surface area contributed by atoms with Crippen LogP contribution >= 0.6 is 11.6 Å². The van der Waals surface area contributed by atoms with Gasteiger partial charge in [-0.2, -0.15) is 4.72 Å². The molecule has 0 aromatic heterocycles. The zero-order valence-corrected chi connectivity index (χ0v) is 12.5. The highest BCUT2D eigenvalue weighted by molar-refractivity contribution is 7.89. The first-order chi connectivity index (χ1) is 9.69. The van der Waals surface area contributed by atoms with Gasteiger partial charge in [-0.15, -0.1) is 0 Å². The number of aliphatic carboxylic acids is 1. The molecule has 0 fully saturated rings. The molecule has 0 radical (unpaired) electrons. The van der Waals surface area contributed by atoms with Gasteiger partial charge in [-0.05, 0) is 12.5 Å². The van der Waals surface area contributed by atoms with Gasteiger partial charge in [0.15, 0.2) is 0 Å². The van der Waals surface area contributed by atoms with Crippen molar-refractivity contribution in [1.29, 1.82) is 0 Å². The predicted octanol–water partition coefficient (Wildman–Crippen LogP) is 1.78. The van der Waals surface area contributed by atoms with Gasteiger partial charge >= 0.3 is 5.97 Å². The van der Waals surface area contributed by atoms with Crippen molar-refractivity contribution >= 4 is 33.3 Å². The van der Waals surface area contributed by atoms with Crippen molar-refractivity contribution < 1.29 is 23.2 Å². The number of hydrogen-bond donors (Lipinski definition) is 2. The van der Waals surface area contributed by atoms with Crippen molar-refractivity contribution in [3.63, 3.8) is 0 Å². The minimum Gasteiger partial charge on any atom is -0.480 e. The molecular formula is C11H13ClN2O6S. The molecule has 0 amide bonds. The first-order valence-electron chi connectivity index (χ1n) is 5.88. The summed E-state index contributed by atoms with van der Waals surface area (Å²) in [6.07, 6.45) is 0.576. The molecule has 1 atom stereocenters. The van der Waals surface area contributed by atoms with Crippen LogP contribution in [0.3, 0.4) is 0 Å². The lowest BCUT2D eigenvalue weighted by Crippen LogP contribution is -2.40. The standard InChI is InChI=1S/C11H13ClN2O6S/c1-2-3-9(11(15)16)13-21(19,20)10-5-4-7(14(17)18)6-8(10)12/h4-6,9,13H,2-3H2,1H3,(H,15,16)/t9-/m0/s1. The number of rotatable bonds is 7. The predicted molar refractivity (Wildman–Crippen MR) is 74.8 cm³/mol. The summed E-state index contributed by atoms with van der Waals surface area (Å²) >= 11 is 5.73. The van der Waals surface area contributed by atoms with Gasteiger partial charge < -0.3 is 5.11 Å². The summed E-state index contributed by atoms with van der Waals surface area (Å²) in [5.74, 6) is -1.31. The molecule has 10 heteroatoms. The second-order valence-corrected chi connectivity index (χ2v) is 6.26. The first kappa shape index (κ1) is 17.3. The fourth-order valence-corrected chi connectivity index (χ4v) is 3.36. The van der Waals surface area contributed by atoms with Crippen molar-refractivity contribution in [1.82, 2.24) is 4.72 Å². The van der Waals surface area contributed by atoms with Crippen LogP contribution in [0.2, 0.25) is 5.02 Å². The molecule has 0 aliphatic carbocycles. The molecule has 0 spiro atoms. The van der Waals surface area contributed by atoms with E-state index in [-0.39, 0.29) is 17.1 Å². The van der Waals surface area contributed by atoms with Crippen LogP contribution in [0.25, 0.3) is 0 Å². The molecule has 0 aliphatic rings. The number of carboxylic acid groups (broad SMARTS) is 1. The fourth-order valence-electron chi connectivity index (χ4n) is 1.59. The monoisotopic (exact) mass is 336 g/mol. The highest BCUT2D eigenvalue weighted by atomic mass is 35.5. The summed E-state index contributed by atoms with van der Waals surface area (Å²) in [5, 5.41) is 19.2. The van der Waals surface area contributed by atoms with Gasteiger partial charge in [-0.3, -0.25) is 14.9 Å². The minimum absolute atomic E-state index is 0.110. The number of non-ortho nitro benzene ring substituents is 1. The molecular weight excluding hydrogens is 324 g/mol. The van der Waals surface area contributed by atoms with Crippen LogP contribution in [0.15, 0.2) is 23.1 Å². The maximum absolute atomic E-state index is 12.1. The quantitative estimate of drug-likeness (QED) is 0.577. The maximum atomic E-state index is 12.1. The molecule has 2 N–H and O–H groups in total. The topological polar surface area (TPSA) is 127 Å². The molecule has 1 aromatic carbocycles. The number of nitrogens with zero attached hydrogens (tertiary/aromatic N) is 1. The van der Waals surface area contributed by atoms with Crippen LogP contribution in [0, 0.1) is 10.1 Å². The van der Waals surface area contributed by atoms with Crippen LogP contribution in [0.4, 0.5) is 5.69 Å². The second-order valence-electron chi connectivity index (χ2n) is 4.17. The Kier molecular flexibility index (Phi) is 5.64. The Labute approximate surface area is 125 Å². The fraction of sp³-hybridized carbons (Fsp3) is 0.364. The van der Waals surface area contributed by atoms with Crippen LogP contribution in [-0.4, -0.2) is 30.5 Å². The number of carbonyl (C=O) groups is 1. The highest BCUT2D eigenvalue weighted by Gasteiger charge is 2.27. The molecule has 0 heterocycles. The Balaban J connectivity index is 3.13. The summed E-state index contributed by atoms with van der Waals surface area (Å²) in [6.45, 7) is 1.71. The van der Waals surface area contributed by atoms with Crippen molar-refractivity contribution in [3.05, 3.63) is 33.3 Å². The lowest BCUT2D eigenvalue weighted by molar-refractivity contribution is -0.384. The molecule has 0 bridgehead atoms. The van der Waals surface area contributed by atoms with E-state index in [0.717, 1.165) is 18.2 Å². The number of carboxylic acids is 1. The Morgan fingerprint density at radius 1 is 1.52 bits per heavy atom. The van der Waals surface area contributed by atoms with Crippen LogP contribution in [0.5, 0.6) is 0 Å². The zero-order valence-electron chi connectivity index (χ0n) is 10.9. The van der Waals surface area contributed by atoms with E-state index in [2.05, 4.69) is 0 Å². The van der Waals surface area contributed by atoms with Gasteiger partial charge in [0, 0.05) is 12.1 Å². The Morgan fingerprint density at radius 2 is 2.14 bits per heavy atom. The van der Waals surface area contributed by atoms with Crippen molar-refractivity contribution in [2.45, 2.75) is 30.7 Å². The molecule has 0 saturated carbocycles. The van der Waals surface area contributed by atoms with Gasteiger partial charge in [-0.25, -0.2) is 8.42 Å². The minimum atomic E-state index is -4.19. The molecule has 0 saturated heterocycles. The summed E-state index contributed by atoms with van der Waals surface area (Å²) in [5.41, 5.74) is -0.359. The second kappa shape index (κ2) is 6.83. The van der Waals surface area contributed by atoms with E-state index >= 15 is 0 Å². The summed E-state index contributed by atoms with van der Waals surface area (Å²) in [7, 11) is -4.19. The summed E-state index contributed by atoms with van der Waals surface area (Å²) in [4.78, 5) is 20.4. The van der Waals surface area contributed by atoms with Crippen molar-refractivity contribution in [3.8, 4) is 0 Å². The molecule has 21 heavy (non-hydrogen) atoms. The smallest absolute Gasteiger partial charge is 0.321 e. The van der Waals surface area contributed by atoms with E-state index < -0.39 is 31.9 Å². The number of hydrogen-bond acceptors (Lipinski definition) is 5. The van der Waals surface area contributed by atoms with Gasteiger partial charge in [0.2, 0.25) is 10.0 Å². The highest BCUT2D eigenvalue weighted by Crippen LogP contribution is 2.26. The number of benzene rings is 1. The van der Waals surface area contributed by atoms with E-state index in [1.54, 1.807) is 6.92 Å². The van der Waals surface area contributed by atoms with Crippen LogP contribution in [0.1, 0.15) is 19.8 Å². The Hall–Kier alpha value is -1.71. The van der Waals surface area contributed by atoms with E-state index in [1.165, 1.54) is 0 Å². The molecule has 1 aromatic rings. The Bertz CT molecular complexity index is 661. The third-order valence-corrected chi connectivity index (χ3v) is 4.54. The summed E-state index contributed by atoms with van der Waals surface area (Å²) in [6, 6.07) is 1.56. The summed E-state index contributed by atoms with van der Waals surface area (Å²) < 4.78 is 26.2. The number of nitro groups is 1. The number of nitrogens with one attached hydrogen (secondary N) is 1. The van der Waals surface area contributed by atoms with Gasteiger partial charge in [0.1, 0.15) is 10.9 Å². The normalized spacial score (nSPS) is 12.9. The van der Waals surface area contributed by atoms with Crippen molar-refractivity contribution in [2.75, 3.05) is 0 Å². The molecule has 1 rings (SSSR count). The zero-order chi connectivity index (χ0) is 16.2.